The highest BCUT2D eigenvalue weighted by molar-refractivity contribution is 7.55. The van der Waals surface area contributed by atoms with Gasteiger partial charge in [-0.15, -0.1) is 5.92 Å². The molecule has 176 valence electrons. The fraction of sp³-hybridized carbons (Fsp3) is 0.333. The molecule has 0 saturated carbocycles. The predicted octanol–water partition coefficient (Wildman–Crippen LogP) is 1.53. The molecule has 2 rings (SSSR count). The zero-order valence-corrected chi connectivity index (χ0v) is 19.5. The lowest BCUT2D eigenvalue weighted by molar-refractivity contribution is -0.153. The summed E-state index contributed by atoms with van der Waals surface area (Å²) in [5.41, 5.74) is -1.80. The summed E-state index contributed by atoms with van der Waals surface area (Å²) in [6.07, 6.45) is -0.438. The predicted molar refractivity (Wildman–Crippen MR) is 117 cm³/mol. The number of aromatic nitrogens is 2. The van der Waals surface area contributed by atoms with Crippen LogP contribution in [0.4, 0.5) is 0 Å². The Morgan fingerprint density at radius 2 is 1.67 bits per heavy atom. The van der Waals surface area contributed by atoms with Gasteiger partial charge in [0.25, 0.3) is 17.3 Å². The highest BCUT2D eigenvalue weighted by Crippen LogP contribution is 2.53. The first-order chi connectivity index (χ1) is 15.6. The van der Waals surface area contributed by atoms with Gasteiger partial charge in [0.1, 0.15) is 0 Å². The van der Waals surface area contributed by atoms with Gasteiger partial charge in [-0.2, -0.15) is 4.57 Å². The van der Waals surface area contributed by atoms with Crippen molar-refractivity contribution >= 4 is 19.5 Å². The number of carbonyl (C=O) groups is 2. The van der Waals surface area contributed by atoms with E-state index in [1.807, 2.05) is 0 Å². The van der Waals surface area contributed by atoms with Crippen LogP contribution in [0.5, 0.6) is 0 Å². The van der Waals surface area contributed by atoms with E-state index in [1.54, 1.807) is 18.2 Å². The molecular weight excluding hydrogens is 455 g/mol. The molecule has 0 fully saturated rings. The molecule has 1 heterocycles. The Balaban J connectivity index is 2.69. The number of methoxy groups -OCH3 is 1. The molecule has 0 aliphatic heterocycles. The van der Waals surface area contributed by atoms with Crippen LogP contribution in [0.3, 0.4) is 0 Å². The van der Waals surface area contributed by atoms with Crippen LogP contribution >= 0.6 is 7.60 Å². The largest absolute Gasteiger partial charge is 0.467 e. The summed E-state index contributed by atoms with van der Waals surface area (Å²) in [6, 6.07) is 7.72. The summed E-state index contributed by atoms with van der Waals surface area (Å²) in [4.78, 5) is 51.1. The van der Waals surface area contributed by atoms with E-state index in [-0.39, 0.29) is 11.1 Å². The van der Waals surface area contributed by atoms with Crippen molar-refractivity contribution in [2.75, 3.05) is 21.3 Å². The lowest BCUT2D eigenvalue weighted by atomic mass is 10.2. The SMILES string of the molecule is CC#CC(OC(C(=O)OC)P(=O)(OC)OC)n1cc(C)c(=O)n(C(=O)c2ccccc2)c1=O. The molecule has 1 aromatic carbocycles. The van der Waals surface area contributed by atoms with Crippen LogP contribution in [-0.2, 0) is 27.9 Å². The van der Waals surface area contributed by atoms with Gasteiger partial charge < -0.3 is 18.5 Å². The Bertz CT molecular complexity index is 1250. The molecule has 2 aromatic rings. The molecule has 0 radical (unpaired) electrons. The normalized spacial score (nSPS) is 12.9. The first-order valence-corrected chi connectivity index (χ1v) is 11.1. The smallest absolute Gasteiger partial charge is 0.370 e. The topological polar surface area (TPSA) is 132 Å². The van der Waals surface area contributed by atoms with Gasteiger partial charge in [-0.05, 0) is 31.9 Å². The minimum Gasteiger partial charge on any atom is -0.467 e. The van der Waals surface area contributed by atoms with Crippen molar-refractivity contribution in [3.05, 3.63) is 68.5 Å². The van der Waals surface area contributed by atoms with E-state index in [0.29, 0.717) is 4.57 Å². The van der Waals surface area contributed by atoms with Gasteiger partial charge in [0.05, 0.1) is 7.11 Å². The molecule has 0 spiro atoms. The van der Waals surface area contributed by atoms with E-state index >= 15 is 0 Å². The molecular formula is C21H23N2O9P. The maximum Gasteiger partial charge on any atom is 0.370 e. The number of aryl methyl sites for hydroxylation is 1. The quantitative estimate of drug-likeness (QED) is 0.315. The molecule has 2 atom stereocenters. The molecule has 0 aliphatic carbocycles. The third kappa shape index (κ3) is 5.38. The average Bonchev–Trinajstić information content (AvgIpc) is 2.83. The highest BCUT2D eigenvalue weighted by Gasteiger charge is 2.44. The van der Waals surface area contributed by atoms with Gasteiger partial charge in [-0.25, -0.2) is 9.59 Å². The Labute approximate surface area is 189 Å². The van der Waals surface area contributed by atoms with E-state index in [4.69, 9.17) is 13.8 Å². The number of hydrogen-bond acceptors (Lipinski definition) is 9. The maximum absolute atomic E-state index is 13.2. The van der Waals surface area contributed by atoms with Crippen LogP contribution in [0.25, 0.3) is 0 Å². The summed E-state index contributed by atoms with van der Waals surface area (Å²) in [5.74, 6) is 1.18. The van der Waals surface area contributed by atoms with Crippen LogP contribution in [0.1, 0.15) is 29.1 Å². The monoisotopic (exact) mass is 478 g/mol. The van der Waals surface area contributed by atoms with Crippen LogP contribution < -0.4 is 11.2 Å². The summed E-state index contributed by atoms with van der Waals surface area (Å²) in [6.45, 7) is 2.81. The number of carbonyl (C=O) groups excluding carboxylic acids is 2. The van der Waals surface area contributed by atoms with Gasteiger partial charge in [0, 0.05) is 31.5 Å². The number of benzene rings is 1. The van der Waals surface area contributed by atoms with Crippen molar-refractivity contribution in [2.24, 2.45) is 0 Å². The van der Waals surface area contributed by atoms with Crippen molar-refractivity contribution in [1.29, 1.82) is 0 Å². The number of ether oxygens (including phenoxy) is 2. The molecule has 11 nitrogen and oxygen atoms in total. The van der Waals surface area contributed by atoms with Crippen molar-refractivity contribution in [3.8, 4) is 11.8 Å². The Hall–Kier alpha value is -3.29. The van der Waals surface area contributed by atoms with Crippen LogP contribution in [0.2, 0.25) is 0 Å². The molecule has 1 aromatic heterocycles. The summed E-state index contributed by atoms with van der Waals surface area (Å²) < 4.78 is 34.0. The third-order valence-corrected chi connectivity index (χ3v) is 6.41. The molecule has 0 amide bonds. The van der Waals surface area contributed by atoms with E-state index in [0.717, 1.165) is 32.1 Å². The minimum absolute atomic E-state index is 0.0154. The number of nitrogens with zero attached hydrogens (tertiary/aromatic N) is 2. The third-order valence-electron chi connectivity index (χ3n) is 4.49. The molecule has 0 saturated heterocycles. The molecule has 0 bridgehead atoms. The fourth-order valence-electron chi connectivity index (χ4n) is 2.80. The van der Waals surface area contributed by atoms with E-state index in [9.17, 15) is 23.7 Å². The number of rotatable bonds is 8. The molecule has 0 N–H and O–H groups in total. The second-order valence-electron chi connectivity index (χ2n) is 6.48. The fourth-order valence-corrected chi connectivity index (χ4v) is 3.96. The Morgan fingerprint density at radius 1 is 1.06 bits per heavy atom. The maximum atomic E-state index is 13.2. The lowest BCUT2D eigenvalue weighted by Crippen LogP contribution is -2.46. The van der Waals surface area contributed by atoms with Crippen molar-refractivity contribution in [1.82, 2.24) is 9.13 Å². The second kappa shape index (κ2) is 11.0. The van der Waals surface area contributed by atoms with Crippen LogP contribution in [0, 0.1) is 18.8 Å². The van der Waals surface area contributed by atoms with Gasteiger partial charge in [0.15, 0.2) is 0 Å². The highest BCUT2D eigenvalue weighted by atomic mass is 31.2. The number of esters is 1. The van der Waals surface area contributed by atoms with Gasteiger partial charge in [0.2, 0.25) is 6.23 Å². The molecule has 0 aliphatic rings. The Morgan fingerprint density at radius 3 is 2.18 bits per heavy atom. The molecule has 12 heteroatoms. The zero-order valence-electron chi connectivity index (χ0n) is 18.6. The summed E-state index contributed by atoms with van der Waals surface area (Å²) in [7, 11) is -1.08. The second-order valence-corrected chi connectivity index (χ2v) is 8.76. The molecule has 2 unspecified atom stereocenters. The Kier molecular flexibility index (Phi) is 8.68. The summed E-state index contributed by atoms with van der Waals surface area (Å²) >= 11 is 0. The lowest BCUT2D eigenvalue weighted by Gasteiger charge is -2.26. The van der Waals surface area contributed by atoms with Crippen molar-refractivity contribution < 1.29 is 32.7 Å². The molecule has 33 heavy (non-hydrogen) atoms. The zero-order chi connectivity index (χ0) is 24.8. The van der Waals surface area contributed by atoms with Gasteiger partial charge >= 0.3 is 19.3 Å². The van der Waals surface area contributed by atoms with Gasteiger partial charge in [-0.1, -0.05) is 18.2 Å². The van der Waals surface area contributed by atoms with E-state index in [1.165, 1.54) is 26.0 Å². The van der Waals surface area contributed by atoms with Crippen LogP contribution in [-0.4, -0.2) is 48.2 Å². The van der Waals surface area contributed by atoms with Crippen molar-refractivity contribution in [2.45, 2.75) is 25.9 Å². The summed E-state index contributed by atoms with van der Waals surface area (Å²) in [5, 5.41) is 0. The number of hydrogen-bond donors (Lipinski definition) is 0. The standard InChI is InChI=1S/C21H23N2O9P/c1-6-10-16(32-20(19(26)29-3)33(28,30-4)31-5)22-13-14(2)17(24)23(21(22)27)18(25)15-11-8-7-9-12-15/h7-9,11-13,16,20H,1-5H3. The average molecular weight is 478 g/mol. The van der Waals surface area contributed by atoms with E-state index < -0.39 is 42.8 Å². The first-order valence-electron chi connectivity index (χ1n) is 9.46. The van der Waals surface area contributed by atoms with Gasteiger partial charge in [-0.3, -0.25) is 18.7 Å². The van der Waals surface area contributed by atoms with Crippen molar-refractivity contribution in [3.63, 3.8) is 0 Å². The first kappa shape index (κ1) is 26.0. The minimum atomic E-state index is -4.19. The van der Waals surface area contributed by atoms with Crippen LogP contribution in [0.15, 0.2) is 46.1 Å². The van der Waals surface area contributed by atoms with E-state index in [2.05, 4.69) is 16.6 Å².